The van der Waals surface area contributed by atoms with Gasteiger partial charge in [0, 0.05) is 5.69 Å². The van der Waals surface area contributed by atoms with E-state index in [9.17, 15) is 18.0 Å². The molecule has 2 amide bonds. The number of hydrogen-bond donors (Lipinski definition) is 3. The predicted octanol–water partition coefficient (Wildman–Crippen LogP) is 2.29. The van der Waals surface area contributed by atoms with Crippen LogP contribution in [0.1, 0.15) is 12.5 Å². The van der Waals surface area contributed by atoms with Gasteiger partial charge in [0.05, 0.1) is 19.1 Å². The first-order chi connectivity index (χ1) is 8.81. The summed E-state index contributed by atoms with van der Waals surface area (Å²) in [7, 11) is 0. The lowest BCUT2D eigenvalue weighted by atomic mass is 10.1. The Hall–Kier alpha value is -1.76. The van der Waals surface area contributed by atoms with Crippen LogP contribution in [-0.2, 0) is 6.42 Å². The number of para-hydroxylation sites is 1. The van der Waals surface area contributed by atoms with Crippen molar-refractivity contribution in [1.82, 2.24) is 5.32 Å². The molecule has 0 radical (unpaired) electrons. The van der Waals surface area contributed by atoms with E-state index in [0.717, 1.165) is 0 Å². The van der Waals surface area contributed by atoms with Crippen molar-refractivity contribution in [3.63, 3.8) is 0 Å². The van der Waals surface area contributed by atoms with Gasteiger partial charge in [-0.25, -0.2) is 4.79 Å². The lowest BCUT2D eigenvalue weighted by Gasteiger charge is -2.15. The van der Waals surface area contributed by atoms with Crippen molar-refractivity contribution in [2.45, 2.75) is 25.6 Å². The third kappa shape index (κ3) is 5.60. The number of rotatable bonds is 4. The molecule has 0 aliphatic rings. The average Bonchev–Trinajstić information content (AvgIpc) is 2.29. The van der Waals surface area contributed by atoms with Gasteiger partial charge in [-0.05, 0) is 18.6 Å². The standard InChI is InChI=1S/C12H15F3N2O2/c1-8(7-18)16-11(19)17-10-5-3-2-4-9(10)6-12(13,14)15/h2-5,8,18H,6-7H2,1H3,(H2,16,17,19). The summed E-state index contributed by atoms with van der Waals surface area (Å²) >= 11 is 0. The molecule has 0 saturated heterocycles. The molecule has 3 N–H and O–H groups in total. The Labute approximate surface area is 108 Å². The fourth-order valence-corrected chi connectivity index (χ4v) is 1.44. The molecule has 0 aliphatic carbocycles. The van der Waals surface area contributed by atoms with Gasteiger partial charge in [0.2, 0.25) is 0 Å². The van der Waals surface area contributed by atoms with E-state index in [0.29, 0.717) is 0 Å². The fraction of sp³-hybridized carbons (Fsp3) is 0.417. The zero-order valence-corrected chi connectivity index (χ0v) is 10.3. The van der Waals surface area contributed by atoms with Crippen LogP contribution in [0.25, 0.3) is 0 Å². The number of benzene rings is 1. The topological polar surface area (TPSA) is 61.4 Å². The van der Waals surface area contributed by atoms with Crippen LogP contribution in [0.4, 0.5) is 23.7 Å². The highest BCUT2D eigenvalue weighted by Gasteiger charge is 2.29. The summed E-state index contributed by atoms with van der Waals surface area (Å²) in [5.74, 6) is 0. The van der Waals surface area contributed by atoms with Crippen LogP contribution in [0.2, 0.25) is 0 Å². The van der Waals surface area contributed by atoms with Crippen LogP contribution < -0.4 is 10.6 Å². The number of amides is 2. The quantitative estimate of drug-likeness (QED) is 0.790. The molecule has 0 heterocycles. The molecule has 1 unspecified atom stereocenters. The largest absolute Gasteiger partial charge is 0.394 e. The molecule has 0 fully saturated rings. The minimum atomic E-state index is -4.34. The molecule has 1 aromatic carbocycles. The molecule has 0 aliphatic heterocycles. The number of urea groups is 1. The summed E-state index contributed by atoms with van der Waals surface area (Å²) in [5, 5.41) is 13.5. The van der Waals surface area contributed by atoms with Gasteiger partial charge in [-0.15, -0.1) is 0 Å². The Kier molecular flexibility index (Phi) is 5.17. The van der Waals surface area contributed by atoms with Crippen molar-refractivity contribution in [2.24, 2.45) is 0 Å². The Balaban J connectivity index is 2.75. The van der Waals surface area contributed by atoms with Crippen LogP contribution in [0.5, 0.6) is 0 Å². The van der Waals surface area contributed by atoms with Crippen LogP contribution in [0.3, 0.4) is 0 Å². The highest BCUT2D eigenvalue weighted by molar-refractivity contribution is 5.90. The van der Waals surface area contributed by atoms with E-state index in [4.69, 9.17) is 5.11 Å². The van der Waals surface area contributed by atoms with E-state index in [2.05, 4.69) is 10.6 Å². The molecule has 0 saturated carbocycles. The molecule has 1 aromatic rings. The zero-order valence-electron chi connectivity index (χ0n) is 10.3. The first kappa shape index (κ1) is 15.3. The predicted molar refractivity (Wildman–Crippen MR) is 64.9 cm³/mol. The van der Waals surface area contributed by atoms with Crippen LogP contribution in [0.15, 0.2) is 24.3 Å². The molecule has 106 valence electrons. The lowest BCUT2D eigenvalue weighted by molar-refractivity contribution is -0.127. The van der Waals surface area contributed by atoms with E-state index in [1.54, 1.807) is 6.92 Å². The monoisotopic (exact) mass is 276 g/mol. The molecule has 19 heavy (non-hydrogen) atoms. The summed E-state index contributed by atoms with van der Waals surface area (Å²) < 4.78 is 37.1. The Morgan fingerprint density at radius 2 is 2.00 bits per heavy atom. The van der Waals surface area contributed by atoms with Gasteiger partial charge in [0.25, 0.3) is 0 Å². The third-order valence-electron chi connectivity index (χ3n) is 2.31. The number of carbonyl (C=O) groups excluding carboxylic acids is 1. The molecule has 7 heteroatoms. The maximum absolute atomic E-state index is 12.4. The second-order valence-electron chi connectivity index (χ2n) is 4.13. The molecular formula is C12H15F3N2O2. The first-order valence-electron chi connectivity index (χ1n) is 5.65. The van der Waals surface area contributed by atoms with Gasteiger partial charge < -0.3 is 15.7 Å². The number of aliphatic hydroxyl groups excluding tert-OH is 1. The van der Waals surface area contributed by atoms with Crippen LogP contribution >= 0.6 is 0 Å². The number of alkyl halides is 3. The molecule has 1 rings (SSSR count). The highest BCUT2D eigenvalue weighted by Crippen LogP contribution is 2.25. The molecule has 0 aromatic heterocycles. The number of anilines is 1. The Morgan fingerprint density at radius 3 is 2.58 bits per heavy atom. The normalized spacial score (nSPS) is 12.9. The Bertz CT molecular complexity index is 435. The van der Waals surface area contributed by atoms with Crippen molar-refractivity contribution in [3.8, 4) is 0 Å². The van der Waals surface area contributed by atoms with Crippen molar-refractivity contribution in [2.75, 3.05) is 11.9 Å². The van der Waals surface area contributed by atoms with Gasteiger partial charge in [-0.3, -0.25) is 0 Å². The van der Waals surface area contributed by atoms with Crippen molar-refractivity contribution in [1.29, 1.82) is 0 Å². The van der Waals surface area contributed by atoms with E-state index >= 15 is 0 Å². The Morgan fingerprint density at radius 1 is 1.37 bits per heavy atom. The number of nitrogens with one attached hydrogen (secondary N) is 2. The van der Waals surface area contributed by atoms with E-state index in [-0.39, 0.29) is 17.9 Å². The second-order valence-corrected chi connectivity index (χ2v) is 4.13. The SMILES string of the molecule is CC(CO)NC(=O)Nc1ccccc1CC(F)(F)F. The molecule has 1 atom stereocenters. The number of hydrogen-bond acceptors (Lipinski definition) is 2. The molecule has 4 nitrogen and oxygen atoms in total. The van der Waals surface area contributed by atoms with Crippen LogP contribution in [-0.4, -0.2) is 30.0 Å². The summed E-state index contributed by atoms with van der Waals surface area (Å²) in [6, 6.07) is 4.57. The molecular weight excluding hydrogens is 261 g/mol. The zero-order chi connectivity index (χ0) is 14.5. The maximum Gasteiger partial charge on any atom is 0.393 e. The summed E-state index contributed by atoms with van der Waals surface area (Å²) in [6.45, 7) is 1.32. The van der Waals surface area contributed by atoms with Crippen molar-refractivity contribution >= 4 is 11.7 Å². The van der Waals surface area contributed by atoms with Crippen LogP contribution in [0, 0.1) is 0 Å². The molecule has 0 spiro atoms. The van der Waals surface area contributed by atoms with Gasteiger partial charge in [-0.1, -0.05) is 18.2 Å². The number of carbonyl (C=O) groups is 1. The van der Waals surface area contributed by atoms with Gasteiger partial charge in [0.1, 0.15) is 0 Å². The third-order valence-corrected chi connectivity index (χ3v) is 2.31. The number of aliphatic hydroxyl groups is 1. The molecule has 0 bridgehead atoms. The minimum absolute atomic E-state index is 0.0122. The van der Waals surface area contributed by atoms with Gasteiger partial charge in [0.15, 0.2) is 0 Å². The lowest BCUT2D eigenvalue weighted by Crippen LogP contribution is -2.38. The second kappa shape index (κ2) is 6.42. The smallest absolute Gasteiger partial charge is 0.393 e. The summed E-state index contributed by atoms with van der Waals surface area (Å²) in [6.07, 6.45) is -5.45. The van der Waals surface area contributed by atoms with Gasteiger partial charge >= 0.3 is 12.2 Å². The van der Waals surface area contributed by atoms with Crippen molar-refractivity contribution < 1.29 is 23.1 Å². The maximum atomic E-state index is 12.4. The van der Waals surface area contributed by atoms with E-state index in [1.165, 1.54) is 24.3 Å². The average molecular weight is 276 g/mol. The van der Waals surface area contributed by atoms with Crippen molar-refractivity contribution in [3.05, 3.63) is 29.8 Å². The summed E-state index contributed by atoms with van der Waals surface area (Å²) in [4.78, 5) is 11.5. The van der Waals surface area contributed by atoms with E-state index in [1.807, 2.05) is 0 Å². The fourth-order valence-electron chi connectivity index (χ4n) is 1.44. The minimum Gasteiger partial charge on any atom is -0.394 e. The van der Waals surface area contributed by atoms with Gasteiger partial charge in [-0.2, -0.15) is 13.2 Å². The highest BCUT2D eigenvalue weighted by atomic mass is 19.4. The first-order valence-corrected chi connectivity index (χ1v) is 5.65. The number of halogens is 3. The summed E-state index contributed by atoms with van der Waals surface area (Å²) in [5.41, 5.74) is 0.0873. The van der Waals surface area contributed by atoms with E-state index < -0.39 is 24.7 Å².